The van der Waals surface area contributed by atoms with E-state index in [0.29, 0.717) is 0 Å². The van der Waals surface area contributed by atoms with Gasteiger partial charge in [-0.15, -0.1) is 0 Å². The second kappa shape index (κ2) is 5.51. The minimum absolute atomic E-state index is 0.412. The maximum atomic E-state index is 10.1. The molecule has 86 valence electrons. The van der Waals surface area contributed by atoms with Gasteiger partial charge >= 0.3 is 0 Å². The number of hydrogen-bond acceptors (Lipinski definition) is 2. The van der Waals surface area contributed by atoms with Crippen molar-refractivity contribution in [2.75, 3.05) is 0 Å². The van der Waals surface area contributed by atoms with Crippen molar-refractivity contribution in [2.45, 2.75) is 64.9 Å². The number of nitriles is 1. The number of aliphatic hydroxyl groups is 1. The summed E-state index contributed by atoms with van der Waals surface area (Å²) in [5, 5.41) is 19.3. The topological polar surface area (TPSA) is 44.0 Å². The summed E-state index contributed by atoms with van der Waals surface area (Å²) in [5.41, 5.74) is -0.429. The largest absolute Gasteiger partial charge is 0.391 e. The van der Waals surface area contributed by atoms with E-state index in [4.69, 9.17) is 0 Å². The Bertz CT molecular complexity index is 223. The van der Waals surface area contributed by atoms with E-state index in [2.05, 4.69) is 19.9 Å². The summed E-state index contributed by atoms with van der Waals surface area (Å²) in [7, 11) is 0. The third kappa shape index (κ3) is 2.72. The molecule has 0 aromatic heterocycles. The molecule has 1 fully saturated rings. The molecule has 1 saturated carbocycles. The fourth-order valence-electron chi connectivity index (χ4n) is 2.67. The Morgan fingerprint density at radius 3 is 2.40 bits per heavy atom. The molecule has 0 bridgehead atoms. The highest BCUT2D eigenvalue weighted by atomic mass is 16.3. The van der Waals surface area contributed by atoms with Gasteiger partial charge in [0.2, 0.25) is 0 Å². The quantitative estimate of drug-likeness (QED) is 0.772. The highest BCUT2D eigenvalue weighted by Gasteiger charge is 2.40. The van der Waals surface area contributed by atoms with Crippen molar-refractivity contribution in [1.29, 1.82) is 5.26 Å². The molecule has 1 rings (SSSR count). The predicted molar refractivity (Wildman–Crippen MR) is 61.2 cm³/mol. The van der Waals surface area contributed by atoms with Gasteiger partial charge in [-0.2, -0.15) is 5.26 Å². The van der Waals surface area contributed by atoms with Gasteiger partial charge in [0.15, 0.2) is 0 Å². The van der Waals surface area contributed by atoms with Crippen LogP contribution in [0.5, 0.6) is 0 Å². The highest BCUT2D eigenvalue weighted by Crippen LogP contribution is 2.43. The van der Waals surface area contributed by atoms with Crippen molar-refractivity contribution in [3.63, 3.8) is 0 Å². The molecule has 2 heteroatoms. The third-order valence-corrected chi connectivity index (χ3v) is 4.00. The molecule has 0 aliphatic heterocycles. The van der Waals surface area contributed by atoms with Crippen molar-refractivity contribution in [3.8, 4) is 6.07 Å². The fraction of sp³-hybridized carbons (Fsp3) is 0.923. The molecule has 0 spiro atoms. The molecule has 1 unspecified atom stereocenters. The summed E-state index contributed by atoms with van der Waals surface area (Å²) >= 11 is 0. The summed E-state index contributed by atoms with van der Waals surface area (Å²) < 4.78 is 0. The van der Waals surface area contributed by atoms with Gasteiger partial charge in [-0.05, 0) is 38.0 Å². The third-order valence-electron chi connectivity index (χ3n) is 4.00. The Hall–Kier alpha value is -0.550. The zero-order valence-electron chi connectivity index (χ0n) is 10.00. The molecule has 0 radical (unpaired) electrons. The molecule has 1 aliphatic carbocycles. The average Bonchev–Trinajstić information content (AvgIpc) is 2.29. The Morgan fingerprint density at radius 2 is 2.00 bits per heavy atom. The maximum absolute atomic E-state index is 10.1. The van der Waals surface area contributed by atoms with Crippen LogP contribution in [0.3, 0.4) is 0 Å². The Balaban J connectivity index is 2.60. The fourth-order valence-corrected chi connectivity index (χ4v) is 2.67. The second-order valence-electron chi connectivity index (χ2n) is 4.92. The predicted octanol–water partition coefficient (Wildman–Crippen LogP) is 3.26. The monoisotopic (exact) mass is 209 g/mol. The lowest BCUT2D eigenvalue weighted by molar-refractivity contribution is 0.0195. The zero-order valence-corrected chi connectivity index (χ0v) is 10.00. The molecule has 2 nitrogen and oxygen atoms in total. The van der Waals surface area contributed by atoms with E-state index >= 15 is 0 Å². The Labute approximate surface area is 93.3 Å². The average molecular weight is 209 g/mol. The minimum atomic E-state index is -0.429. The molecule has 1 N–H and O–H groups in total. The lowest BCUT2D eigenvalue weighted by atomic mass is 9.67. The van der Waals surface area contributed by atoms with Gasteiger partial charge in [0, 0.05) is 0 Å². The smallest absolute Gasteiger partial charge is 0.0832 e. The van der Waals surface area contributed by atoms with Crippen LogP contribution in [0, 0.1) is 22.7 Å². The molecule has 0 amide bonds. The summed E-state index contributed by atoms with van der Waals surface area (Å²) in [5.74, 6) is 0.778. The van der Waals surface area contributed by atoms with E-state index in [9.17, 15) is 10.4 Å². The number of nitrogens with zero attached hydrogens (tertiary/aromatic N) is 1. The summed E-state index contributed by atoms with van der Waals surface area (Å²) in [6.07, 6.45) is 6.55. The first-order valence-electron chi connectivity index (χ1n) is 6.27. The molecule has 0 aromatic carbocycles. The van der Waals surface area contributed by atoms with Crippen LogP contribution in [-0.2, 0) is 0 Å². The van der Waals surface area contributed by atoms with Crippen LogP contribution in [0.25, 0.3) is 0 Å². The van der Waals surface area contributed by atoms with Crippen LogP contribution >= 0.6 is 0 Å². The van der Waals surface area contributed by atoms with Gasteiger partial charge in [0.1, 0.15) is 0 Å². The molecule has 1 atom stereocenters. The highest BCUT2D eigenvalue weighted by molar-refractivity contribution is 5.05. The molecule has 15 heavy (non-hydrogen) atoms. The van der Waals surface area contributed by atoms with Gasteiger partial charge in [-0.25, -0.2) is 0 Å². The van der Waals surface area contributed by atoms with E-state index in [0.717, 1.165) is 44.4 Å². The van der Waals surface area contributed by atoms with Crippen LogP contribution in [0.1, 0.15) is 58.8 Å². The van der Waals surface area contributed by atoms with Crippen LogP contribution in [-0.4, -0.2) is 11.2 Å². The van der Waals surface area contributed by atoms with Gasteiger partial charge in [0.05, 0.1) is 17.6 Å². The normalized spacial score (nSPS) is 33.3. The standard InChI is InChI=1S/C13H23NO/c1-3-5-12(15)13(10-14)8-6-11(4-2)7-9-13/h11-12,15H,3-9H2,1-2H3. The van der Waals surface area contributed by atoms with E-state index in [-0.39, 0.29) is 0 Å². The van der Waals surface area contributed by atoms with Gasteiger partial charge in [-0.3, -0.25) is 0 Å². The lowest BCUT2D eigenvalue weighted by Gasteiger charge is -2.38. The van der Waals surface area contributed by atoms with Crippen molar-refractivity contribution in [3.05, 3.63) is 0 Å². The minimum Gasteiger partial charge on any atom is -0.391 e. The van der Waals surface area contributed by atoms with Crippen molar-refractivity contribution >= 4 is 0 Å². The van der Waals surface area contributed by atoms with Crippen LogP contribution in [0.2, 0.25) is 0 Å². The van der Waals surface area contributed by atoms with Crippen molar-refractivity contribution < 1.29 is 5.11 Å². The summed E-state index contributed by atoms with van der Waals surface area (Å²) in [6, 6.07) is 2.40. The summed E-state index contributed by atoms with van der Waals surface area (Å²) in [4.78, 5) is 0. The van der Waals surface area contributed by atoms with Crippen LogP contribution in [0.15, 0.2) is 0 Å². The van der Waals surface area contributed by atoms with E-state index in [1.165, 1.54) is 6.42 Å². The van der Waals surface area contributed by atoms with E-state index in [1.54, 1.807) is 0 Å². The SMILES string of the molecule is CCCC(O)C1(C#N)CCC(CC)CC1. The molecular formula is C13H23NO. The summed E-state index contributed by atoms with van der Waals surface area (Å²) in [6.45, 7) is 4.28. The van der Waals surface area contributed by atoms with Crippen LogP contribution < -0.4 is 0 Å². The van der Waals surface area contributed by atoms with E-state index in [1.807, 2.05) is 0 Å². The Morgan fingerprint density at radius 1 is 1.40 bits per heavy atom. The van der Waals surface area contributed by atoms with Crippen molar-refractivity contribution in [1.82, 2.24) is 0 Å². The number of hydrogen-bond donors (Lipinski definition) is 1. The first-order valence-corrected chi connectivity index (χ1v) is 6.27. The number of aliphatic hydroxyl groups excluding tert-OH is 1. The first-order chi connectivity index (χ1) is 7.18. The number of rotatable bonds is 4. The first kappa shape index (κ1) is 12.5. The molecule has 1 aliphatic rings. The second-order valence-corrected chi connectivity index (χ2v) is 4.92. The Kier molecular flexibility index (Phi) is 4.60. The molecular weight excluding hydrogens is 186 g/mol. The molecule has 0 heterocycles. The van der Waals surface area contributed by atoms with E-state index < -0.39 is 11.5 Å². The maximum Gasteiger partial charge on any atom is 0.0832 e. The molecule has 0 aromatic rings. The van der Waals surface area contributed by atoms with Gasteiger partial charge < -0.3 is 5.11 Å². The molecule has 0 saturated heterocycles. The zero-order chi connectivity index (χ0) is 11.3. The van der Waals surface area contributed by atoms with Gasteiger partial charge in [0.25, 0.3) is 0 Å². The van der Waals surface area contributed by atoms with Crippen LogP contribution in [0.4, 0.5) is 0 Å². The van der Waals surface area contributed by atoms with Crippen molar-refractivity contribution in [2.24, 2.45) is 11.3 Å². The lowest BCUT2D eigenvalue weighted by Crippen LogP contribution is -2.37. The van der Waals surface area contributed by atoms with Gasteiger partial charge in [-0.1, -0.05) is 26.7 Å².